The number of carboxylic acid groups (broad SMARTS) is 1. The summed E-state index contributed by atoms with van der Waals surface area (Å²) in [6.07, 6.45) is 4.52. The Hall–Kier alpha value is -2.63. The third-order valence-corrected chi connectivity index (χ3v) is 2.41. The molecule has 0 aliphatic rings. The Bertz CT molecular complexity index is 685. The number of fused-ring (bicyclic) bond motifs is 1. The predicted molar refractivity (Wildman–Crippen MR) is 57.6 cm³/mol. The Kier molecular flexibility index (Phi) is 1.94. The molecule has 6 heteroatoms. The van der Waals surface area contributed by atoms with Gasteiger partial charge in [0, 0.05) is 11.8 Å². The van der Waals surface area contributed by atoms with Crippen LogP contribution in [0.4, 0.5) is 0 Å². The van der Waals surface area contributed by atoms with Crippen LogP contribution in [-0.4, -0.2) is 25.7 Å². The molecule has 0 fully saturated rings. The zero-order valence-electron chi connectivity index (χ0n) is 8.57. The summed E-state index contributed by atoms with van der Waals surface area (Å²) in [6, 6.07) is 5.01. The lowest BCUT2D eigenvalue weighted by atomic mass is 10.1. The first-order valence-electron chi connectivity index (χ1n) is 4.86. The van der Waals surface area contributed by atoms with Gasteiger partial charge in [-0.1, -0.05) is 0 Å². The fraction of sp³-hybridized carbons (Fsp3) is 0. The van der Waals surface area contributed by atoms with E-state index in [9.17, 15) is 4.79 Å². The van der Waals surface area contributed by atoms with Gasteiger partial charge in [-0.25, -0.2) is 14.3 Å². The summed E-state index contributed by atoms with van der Waals surface area (Å²) in [4.78, 5) is 15.0. The van der Waals surface area contributed by atoms with E-state index in [1.54, 1.807) is 18.3 Å². The number of carboxylic acids is 1. The topological polar surface area (TPSA) is 80.6 Å². The van der Waals surface area contributed by atoms with Gasteiger partial charge in [0.1, 0.15) is 17.7 Å². The summed E-state index contributed by atoms with van der Waals surface area (Å²) in [5.41, 5.74) is 1.05. The van der Waals surface area contributed by atoms with Crippen LogP contribution in [0.2, 0.25) is 0 Å². The molecule has 3 rings (SSSR count). The van der Waals surface area contributed by atoms with Crippen LogP contribution in [0.1, 0.15) is 10.4 Å². The monoisotopic (exact) mass is 229 g/mol. The van der Waals surface area contributed by atoms with Crippen molar-refractivity contribution in [2.24, 2.45) is 0 Å². The number of pyridine rings is 1. The molecule has 0 amide bonds. The minimum absolute atomic E-state index is 0.0939. The lowest BCUT2D eigenvalue weighted by molar-refractivity contribution is 0.0698. The second-order valence-corrected chi connectivity index (χ2v) is 3.45. The van der Waals surface area contributed by atoms with Crippen molar-refractivity contribution in [3.05, 3.63) is 42.5 Å². The Morgan fingerprint density at radius 3 is 3.06 bits per heavy atom. The second kappa shape index (κ2) is 3.44. The summed E-state index contributed by atoms with van der Waals surface area (Å²) in [7, 11) is 0. The van der Waals surface area contributed by atoms with Gasteiger partial charge in [-0.2, -0.15) is 5.10 Å². The minimum Gasteiger partial charge on any atom is -0.478 e. The highest BCUT2D eigenvalue weighted by Crippen LogP contribution is 2.22. The first-order chi connectivity index (χ1) is 8.25. The van der Waals surface area contributed by atoms with Crippen LogP contribution in [0.5, 0.6) is 0 Å². The van der Waals surface area contributed by atoms with Crippen molar-refractivity contribution < 1.29 is 14.3 Å². The third-order valence-electron chi connectivity index (χ3n) is 2.41. The number of carbonyl (C=O) groups is 1. The van der Waals surface area contributed by atoms with Crippen molar-refractivity contribution in [3.63, 3.8) is 0 Å². The smallest absolute Gasteiger partial charge is 0.339 e. The highest BCUT2D eigenvalue weighted by atomic mass is 16.4. The molecule has 3 aromatic heterocycles. The highest BCUT2D eigenvalue weighted by molar-refractivity contribution is 5.95. The van der Waals surface area contributed by atoms with Crippen molar-refractivity contribution >= 4 is 11.6 Å². The first kappa shape index (κ1) is 9.59. The van der Waals surface area contributed by atoms with E-state index in [0.29, 0.717) is 17.0 Å². The zero-order valence-corrected chi connectivity index (χ0v) is 8.57. The average molecular weight is 229 g/mol. The fourth-order valence-electron chi connectivity index (χ4n) is 1.66. The molecule has 0 radical (unpaired) electrons. The van der Waals surface area contributed by atoms with Crippen molar-refractivity contribution in [2.45, 2.75) is 0 Å². The molecule has 0 spiro atoms. The van der Waals surface area contributed by atoms with Gasteiger partial charge in [-0.3, -0.25) is 0 Å². The Morgan fingerprint density at radius 1 is 1.47 bits per heavy atom. The summed E-state index contributed by atoms with van der Waals surface area (Å²) in [5, 5.41) is 13.0. The van der Waals surface area contributed by atoms with E-state index in [0.717, 1.165) is 0 Å². The normalized spacial score (nSPS) is 10.8. The Morgan fingerprint density at radius 2 is 2.35 bits per heavy atom. The molecular weight excluding hydrogens is 222 g/mol. The molecule has 0 aliphatic heterocycles. The van der Waals surface area contributed by atoms with Crippen LogP contribution >= 0.6 is 0 Å². The molecule has 0 bridgehead atoms. The molecule has 0 aromatic carbocycles. The summed E-state index contributed by atoms with van der Waals surface area (Å²) < 4.78 is 6.64. The van der Waals surface area contributed by atoms with E-state index in [1.165, 1.54) is 23.2 Å². The van der Waals surface area contributed by atoms with Crippen molar-refractivity contribution in [1.82, 2.24) is 14.6 Å². The van der Waals surface area contributed by atoms with Crippen LogP contribution in [-0.2, 0) is 0 Å². The molecule has 17 heavy (non-hydrogen) atoms. The van der Waals surface area contributed by atoms with Gasteiger partial charge in [0.05, 0.1) is 6.26 Å². The Balaban J connectivity index is 2.31. The molecule has 1 N–H and O–H groups in total. The van der Waals surface area contributed by atoms with E-state index >= 15 is 0 Å². The van der Waals surface area contributed by atoms with Crippen LogP contribution in [0.15, 0.2) is 41.4 Å². The van der Waals surface area contributed by atoms with Crippen LogP contribution in [0, 0.1) is 0 Å². The number of furan rings is 1. The third kappa shape index (κ3) is 1.46. The van der Waals surface area contributed by atoms with Gasteiger partial charge in [-0.15, -0.1) is 0 Å². The van der Waals surface area contributed by atoms with Gasteiger partial charge >= 0.3 is 5.97 Å². The number of aromatic nitrogens is 3. The van der Waals surface area contributed by atoms with E-state index in [1.807, 2.05) is 0 Å². The molecule has 0 saturated carbocycles. The summed E-state index contributed by atoms with van der Waals surface area (Å²) in [5.74, 6) is -0.457. The number of nitrogens with zero attached hydrogens (tertiary/aromatic N) is 3. The van der Waals surface area contributed by atoms with E-state index in [2.05, 4.69) is 10.1 Å². The second-order valence-electron chi connectivity index (χ2n) is 3.45. The SMILES string of the molecule is O=C(O)c1cc(-c2ccco2)cn2ncnc12. The van der Waals surface area contributed by atoms with Crippen molar-refractivity contribution in [3.8, 4) is 11.3 Å². The summed E-state index contributed by atoms with van der Waals surface area (Å²) in [6.45, 7) is 0. The maximum atomic E-state index is 11.1. The molecule has 84 valence electrons. The van der Waals surface area contributed by atoms with Crippen LogP contribution in [0.25, 0.3) is 17.0 Å². The molecular formula is C11H7N3O3. The number of rotatable bonds is 2. The number of hydrogen-bond donors (Lipinski definition) is 1. The van der Waals surface area contributed by atoms with Gasteiger partial charge in [-0.05, 0) is 18.2 Å². The zero-order chi connectivity index (χ0) is 11.8. The highest BCUT2D eigenvalue weighted by Gasteiger charge is 2.14. The van der Waals surface area contributed by atoms with Crippen LogP contribution in [0.3, 0.4) is 0 Å². The molecule has 3 heterocycles. The molecule has 0 saturated heterocycles. The molecule has 6 nitrogen and oxygen atoms in total. The predicted octanol–water partition coefficient (Wildman–Crippen LogP) is 1.69. The van der Waals surface area contributed by atoms with Gasteiger partial charge in [0.15, 0.2) is 5.65 Å². The molecule has 0 unspecified atom stereocenters. The Labute approximate surface area is 95.1 Å². The first-order valence-corrected chi connectivity index (χ1v) is 4.86. The lowest BCUT2D eigenvalue weighted by Gasteiger charge is -2.01. The van der Waals surface area contributed by atoms with E-state index in [-0.39, 0.29) is 5.56 Å². The van der Waals surface area contributed by atoms with Gasteiger partial charge in [0.2, 0.25) is 0 Å². The summed E-state index contributed by atoms with van der Waals surface area (Å²) >= 11 is 0. The number of hydrogen-bond acceptors (Lipinski definition) is 4. The lowest BCUT2D eigenvalue weighted by Crippen LogP contribution is -2.02. The van der Waals surface area contributed by atoms with E-state index < -0.39 is 5.97 Å². The largest absolute Gasteiger partial charge is 0.478 e. The van der Waals surface area contributed by atoms with Crippen molar-refractivity contribution in [1.29, 1.82) is 0 Å². The van der Waals surface area contributed by atoms with Gasteiger partial charge in [0.25, 0.3) is 0 Å². The van der Waals surface area contributed by atoms with Gasteiger partial charge < -0.3 is 9.52 Å². The standard InChI is InChI=1S/C11H7N3O3/c15-11(16)8-4-7(9-2-1-3-17-9)5-14-10(8)12-6-13-14/h1-6H,(H,15,16). The van der Waals surface area contributed by atoms with E-state index in [4.69, 9.17) is 9.52 Å². The molecule has 0 aliphatic carbocycles. The molecule has 0 atom stereocenters. The maximum absolute atomic E-state index is 11.1. The molecule has 3 aromatic rings. The minimum atomic E-state index is -1.04. The average Bonchev–Trinajstić information content (AvgIpc) is 2.98. The quantitative estimate of drug-likeness (QED) is 0.723. The number of aromatic carboxylic acids is 1. The van der Waals surface area contributed by atoms with Crippen molar-refractivity contribution in [2.75, 3.05) is 0 Å². The van der Waals surface area contributed by atoms with Crippen LogP contribution < -0.4 is 0 Å². The fourth-order valence-corrected chi connectivity index (χ4v) is 1.66. The maximum Gasteiger partial charge on any atom is 0.339 e.